The van der Waals surface area contributed by atoms with Gasteiger partial charge < -0.3 is 15.0 Å². The zero-order chi connectivity index (χ0) is 20.4. The molecule has 0 radical (unpaired) electrons. The summed E-state index contributed by atoms with van der Waals surface area (Å²) in [7, 11) is 0. The molecule has 0 spiro atoms. The number of halogens is 3. The molecule has 1 aliphatic heterocycles. The Morgan fingerprint density at radius 2 is 2.14 bits per heavy atom. The minimum Gasteiger partial charge on any atom is -0.432 e. The van der Waals surface area contributed by atoms with Crippen LogP contribution in [0.3, 0.4) is 0 Å². The van der Waals surface area contributed by atoms with Crippen molar-refractivity contribution in [3.05, 3.63) is 35.8 Å². The van der Waals surface area contributed by atoms with E-state index < -0.39 is 30.1 Å². The highest BCUT2D eigenvalue weighted by molar-refractivity contribution is 6.00. The number of pyridine rings is 1. The number of rotatable bonds is 6. The molecule has 28 heavy (non-hydrogen) atoms. The van der Waals surface area contributed by atoms with Gasteiger partial charge in [0.25, 0.3) is 5.91 Å². The first-order valence-electron chi connectivity index (χ1n) is 8.88. The van der Waals surface area contributed by atoms with Gasteiger partial charge in [-0.15, -0.1) is 0 Å². The van der Waals surface area contributed by atoms with Crippen LogP contribution in [0.4, 0.5) is 13.2 Å². The van der Waals surface area contributed by atoms with Crippen molar-refractivity contribution in [1.29, 1.82) is 0 Å². The average molecular weight is 397 g/mol. The Labute approximate surface area is 161 Å². The quantitative estimate of drug-likeness (QED) is 0.813. The number of carbonyl (C=O) groups is 2. The molecule has 0 aliphatic carbocycles. The smallest absolute Gasteiger partial charge is 0.387 e. The second-order valence-corrected chi connectivity index (χ2v) is 7.07. The summed E-state index contributed by atoms with van der Waals surface area (Å²) >= 11 is 0. The van der Waals surface area contributed by atoms with E-state index in [2.05, 4.69) is 15.0 Å². The van der Waals surface area contributed by atoms with Gasteiger partial charge in [-0.1, -0.05) is 13.8 Å². The third kappa shape index (κ3) is 4.35. The molecule has 2 aromatic rings. The van der Waals surface area contributed by atoms with Crippen molar-refractivity contribution in [2.75, 3.05) is 13.1 Å². The fourth-order valence-electron chi connectivity index (χ4n) is 3.18. The van der Waals surface area contributed by atoms with Gasteiger partial charge in [0.2, 0.25) is 5.91 Å². The monoisotopic (exact) mass is 397 g/mol. The summed E-state index contributed by atoms with van der Waals surface area (Å²) in [6.07, 6.45) is 1.76. The lowest BCUT2D eigenvalue weighted by Gasteiger charge is -2.19. The molecule has 1 aromatic carbocycles. The SMILES string of the molecule is CC(C)CN1CC[C@H](NC(=O)c2cnc3cc(OC(F)F)c(F)cc3c2)C1=O.[HH]. The molecule has 1 saturated heterocycles. The largest absolute Gasteiger partial charge is 0.432 e. The molecule has 1 aromatic heterocycles. The van der Waals surface area contributed by atoms with Gasteiger partial charge in [-0.25, -0.2) is 4.39 Å². The first-order chi connectivity index (χ1) is 13.2. The van der Waals surface area contributed by atoms with Crippen molar-refractivity contribution in [1.82, 2.24) is 15.2 Å². The molecule has 0 unspecified atom stereocenters. The minimum atomic E-state index is -3.16. The molecule has 9 heteroatoms. The van der Waals surface area contributed by atoms with Crippen molar-refractivity contribution in [2.24, 2.45) is 5.92 Å². The van der Waals surface area contributed by atoms with Gasteiger partial charge in [0.1, 0.15) is 6.04 Å². The molecule has 2 amide bonds. The van der Waals surface area contributed by atoms with E-state index in [1.807, 2.05) is 13.8 Å². The Morgan fingerprint density at radius 1 is 1.39 bits per heavy atom. The van der Waals surface area contributed by atoms with Crippen LogP contribution in [-0.4, -0.2) is 47.4 Å². The van der Waals surface area contributed by atoms with Crippen LogP contribution in [0.2, 0.25) is 0 Å². The Bertz CT molecular complexity index is 911. The number of nitrogens with one attached hydrogen (secondary N) is 1. The summed E-state index contributed by atoms with van der Waals surface area (Å²) in [6, 6.07) is 2.80. The lowest BCUT2D eigenvalue weighted by molar-refractivity contribution is -0.129. The van der Waals surface area contributed by atoms with Gasteiger partial charge in [0, 0.05) is 32.2 Å². The molecule has 1 fully saturated rings. The summed E-state index contributed by atoms with van der Waals surface area (Å²) < 4.78 is 42.6. The molecule has 0 bridgehead atoms. The fraction of sp³-hybridized carbons (Fsp3) is 0.421. The van der Waals surface area contributed by atoms with Crippen molar-refractivity contribution < 1.29 is 28.9 Å². The van der Waals surface area contributed by atoms with Crippen LogP contribution < -0.4 is 10.1 Å². The lowest BCUT2D eigenvalue weighted by Crippen LogP contribution is -2.42. The summed E-state index contributed by atoms with van der Waals surface area (Å²) in [6.45, 7) is 2.07. The molecule has 2 heterocycles. The second-order valence-electron chi connectivity index (χ2n) is 7.07. The standard InChI is InChI=1S/C19H20F3N3O3.H2/c1-10(2)9-25-4-3-14(18(25)27)24-17(26)12-5-11-6-13(20)16(28-19(21)22)7-15(11)23-8-12;/h5-8,10,14,19H,3-4,9H2,1-2H3,(H,24,26);1H/t14-;/m0./s1. The van der Waals surface area contributed by atoms with E-state index in [0.29, 0.717) is 25.4 Å². The van der Waals surface area contributed by atoms with E-state index in [-0.39, 0.29) is 23.8 Å². The van der Waals surface area contributed by atoms with Gasteiger partial charge in [-0.3, -0.25) is 14.6 Å². The maximum Gasteiger partial charge on any atom is 0.387 e. The molecular formula is C19H22F3N3O3. The number of fused-ring (bicyclic) bond motifs is 1. The van der Waals surface area contributed by atoms with Crippen LogP contribution in [0, 0.1) is 11.7 Å². The van der Waals surface area contributed by atoms with Crippen LogP contribution in [0.15, 0.2) is 24.4 Å². The molecule has 152 valence electrons. The third-order valence-electron chi connectivity index (χ3n) is 4.40. The molecule has 3 rings (SSSR count). The molecule has 1 atom stereocenters. The van der Waals surface area contributed by atoms with Crippen molar-refractivity contribution in [3.8, 4) is 5.75 Å². The van der Waals surface area contributed by atoms with E-state index >= 15 is 0 Å². The lowest BCUT2D eigenvalue weighted by atomic mass is 10.1. The summed E-state index contributed by atoms with van der Waals surface area (Å²) in [5.74, 6) is -1.91. The number of hydrogen-bond acceptors (Lipinski definition) is 4. The number of carbonyl (C=O) groups excluding carboxylic acids is 2. The second kappa shape index (κ2) is 8.04. The predicted molar refractivity (Wildman–Crippen MR) is 97.7 cm³/mol. The average Bonchev–Trinajstić information content (AvgIpc) is 2.94. The Balaban J connectivity index is 0.00000300. The van der Waals surface area contributed by atoms with E-state index in [1.165, 1.54) is 12.3 Å². The maximum absolute atomic E-state index is 13.9. The van der Waals surface area contributed by atoms with Crippen LogP contribution in [-0.2, 0) is 4.79 Å². The van der Waals surface area contributed by atoms with E-state index in [4.69, 9.17) is 0 Å². The molecule has 0 saturated carbocycles. The van der Waals surface area contributed by atoms with E-state index in [1.54, 1.807) is 4.90 Å². The zero-order valence-corrected chi connectivity index (χ0v) is 15.4. The topological polar surface area (TPSA) is 71.5 Å². The Hall–Kier alpha value is -2.84. The van der Waals surface area contributed by atoms with Gasteiger partial charge in [-0.05, 0) is 24.5 Å². The Kier molecular flexibility index (Phi) is 5.71. The number of hydrogen-bond donors (Lipinski definition) is 1. The van der Waals surface area contributed by atoms with Crippen LogP contribution in [0.25, 0.3) is 10.9 Å². The van der Waals surface area contributed by atoms with Crippen molar-refractivity contribution in [3.63, 3.8) is 0 Å². The van der Waals surface area contributed by atoms with E-state index in [0.717, 1.165) is 12.1 Å². The number of aromatic nitrogens is 1. The van der Waals surface area contributed by atoms with Crippen molar-refractivity contribution >= 4 is 22.7 Å². The predicted octanol–water partition coefficient (Wildman–Crippen LogP) is 3.21. The van der Waals surface area contributed by atoms with E-state index in [9.17, 15) is 22.8 Å². The minimum absolute atomic E-state index is 0. The van der Waals surface area contributed by atoms with Crippen molar-refractivity contribution in [2.45, 2.75) is 32.9 Å². The summed E-state index contributed by atoms with van der Waals surface area (Å²) in [5.41, 5.74) is 0.346. The molecule has 1 aliphatic rings. The number of benzene rings is 1. The number of likely N-dealkylation sites (tertiary alicyclic amines) is 1. The third-order valence-corrected chi connectivity index (χ3v) is 4.40. The van der Waals surface area contributed by atoms with Gasteiger partial charge in [0.05, 0.1) is 11.1 Å². The van der Waals surface area contributed by atoms with Crippen LogP contribution in [0.1, 0.15) is 32.1 Å². The summed E-state index contributed by atoms with van der Waals surface area (Å²) in [4.78, 5) is 30.6. The first kappa shape index (κ1) is 19.9. The maximum atomic E-state index is 13.9. The van der Waals surface area contributed by atoms with Gasteiger partial charge in [0.15, 0.2) is 11.6 Å². The van der Waals surface area contributed by atoms with Gasteiger partial charge >= 0.3 is 6.61 Å². The summed E-state index contributed by atoms with van der Waals surface area (Å²) in [5, 5.41) is 2.93. The number of nitrogens with zero attached hydrogens (tertiary/aromatic N) is 2. The number of ether oxygens (including phenoxy) is 1. The fourth-order valence-corrected chi connectivity index (χ4v) is 3.18. The number of amides is 2. The molecule has 6 nitrogen and oxygen atoms in total. The molecular weight excluding hydrogens is 375 g/mol. The van der Waals surface area contributed by atoms with Crippen LogP contribution >= 0.6 is 0 Å². The normalized spacial score (nSPS) is 17.0. The van der Waals surface area contributed by atoms with Crippen LogP contribution in [0.5, 0.6) is 5.75 Å². The zero-order valence-electron chi connectivity index (χ0n) is 15.4. The number of alkyl halides is 2. The molecule has 1 N–H and O–H groups in total. The first-order valence-corrected chi connectivity index (χ1v) is 8.88. The highest BCUT2D eigenvalue weighted by Crippen LogP contribution is 2.25. The van der Waals surface area contributed by atoms with Gasteiger partial charge in [-0.2, -0.15) is 8.78 Å². The highest BCUT2D eigenvalue weighted by atomic mass is 19.3. The highest BCUT2D eigenvalue weighted by Gasteiger charge is 2.33. The Morgan fingerprint density at radius 3 is 2.82 bits per heavy atom.